The van der Waals surface area contributed by atoms with Crippen LogP contribution in [0.4, 0.5) is 5.69 Å². The number of esters is 1. The molecule has 0 fully saturated rings. The molecule has 6 rings (SSSR count). The summed E-state index contributed by atoms with van der Waals surface area (Å²) in [5, 5.41) is 0.665. The number of ether oxygens (including phenoxy) is 2. The Kier molecular flexibility index (Phi) is 7.03. The van der Waals surface area contributed by atoms with E-state index in [0.717, 1.165) is 5.56 Å². The molecule has 1 atom stereocenters. The van der Waals surface area contributed by atoms with Crippen molar-refractivity contribution in [3.05, 3.63) is 140 Å². The smallest absolute Gasteiger partial charge is 0.338 e. The highest BCUT2D eigenvalue weighted by Gasteiger charge is 2.43. The van der Waals surface area contributed by atoms with E-state index >= 15 is 0 Å². The van der Waals surface area contributed by atoms with Gasteiger partial charge < -0.3 is 13.9 Å². The molecule has 7 nitrogen and oxygen atoms in total. The number of nitrogens with zero attached hydrogens (tertiary/aromatic N) is 1. The molecular formula is C33H24ClNO6. The number of hydrogen-bond acceptors (Lipinski definition) is 6. The van der Waals surface area contributed by atoms with Crippen LogP contribution in [0.25, 0.3) is 11.0 Å². The largest absolute Gasteiger partial charge is 0.489 e. The highest BCUT2D eigenvalue weighted by Crippen LogP contribution is 2.42. The van der Waals surface area contributed by atoms with Gasteiger partial charge in [-0.1, -0.05) is 54.1 Å². The minimum Gasteiger partial charge on any atom is -0.489 e. The van der Waals surface area contributed by atoms with Crippen LogP contribution in [-0.4, -0.2) is 18.5 Å². The molecule has 0 saturated carbocycles. The van der Waals surface area contributed by atoms with Gasteiger partial charge in [0.05, 0.1) is 29.2 Å². The van der Waals surface area contributed by atoms with E-state index in [1.807, 2.05) is 54.6 Å². The number of anilines is 1. The summed E-state index contributed by atoms with van der Waals surface area (Å²) in [6.45, 7) is 2.33. The Morgan fingerprint density at radius 1 is 0.927 bits per heavy atom. The second-order valence-electron chi connectivity index (χ2n) is 9.51. The van der Waals surface area contributed by atoms with Crippen molar-refractivity contribution in [2.75, 3.05) is 11.5 Å². The van der Waals surface area contributed by atoms with Gasteiger partial charge in [0, 0.05) is 10.7 Å². The fraction of sp³-hybridized carbons (Fsp3) is 0.121. The van der Waals surface area contributed by atoms with Gasteiger partial charge in [0.2, 0.25) is 5.76 Å². The number of benzene rings is 4. The lowest BCUT2D eigenvalue weighted by molar-refractivity contribution is 0.0526. The van der Waals surface area contributed by atoms with Crippen molar-refractivity contribution in [3.8, 4) is 5.75 Å². The molecule has 0 bridgehead atoms. The van der Waals surface area contributed by atoms with E-state index in [1.54, 1.807) is 49.4 Å². The van der Waals surface area contributed by atoms with E-state index in [0.29, 0.717) is 34.2 Å². The highest BCUT2D eigenvalue weighted by molar-refractivity contribution is 6.31. The Bertz CT molecular complexity index is 1830. The molecule has 41 heavy (non-hydrogen) atoms. The SMILES string of the molecule is CCOC(=O)c1ccc(N2C(=O)c3oc4ccc(Cl)cc4c(=O)c3C2c2cccc(OCc3ccccc3)c2)cc1. The Labute approximate surface area is 240 Å². The molecule has 0 saturated heterocycles. The molecule has 8 heteroatoms. The molecule has 204 valence electrons. The van der Waals surface area contributed by atoms with Crippen LogP contribution in [0.15, 0.2) is 106 Å². The monoisotopic (exact) mass is 565 g/mol. The standard InChI is InChI=1S/C33H24ClNO6/c1-2-39-33(38)21-11-14-24(15-12-21)35-29(22-9-6-10-25(17-22)40-19-20-7-4-3-5-8-20)28-30(36)26-18-23(34)13-16-27(26)41-31(28)32(35)37/h3-18,29H,2,19H2,1H3. The van der Waals surface area contributed by atoms with Gasteiger partial charge in [-0.3, -0.25) is 14.5 Å². The molecule has 5 aromatic rings. The maximum atomic E-state index is 13.9. The maximum Gasteiger partial charge on any atom is 0.338 e. The van der Waals surface area contributed by atoms with Crippen LogP contribution in [0.2, 0.25) is 5.02 Å². The normalized spacial score (nSPS) is 14.2. The summed E-state index contributed by atoms with van der Waals surface area (Å²) in [6.07, 6.45) is 0. The van der Waals surface area contributed by atoms with Crippen molar-refractivity contribution in [2.45, 2.75) is 19.6 Å². The van der Waals surface area contributed by atoms with Crippen LogP contribution in [0.3, 0.4) is 0 Å². The van der Waals surface area contributed by atoms with E-state index in [2.05, 4.69) is 0 Å². The first-order valence-electron chi connectivity index (χ1n) is 13.1. The summed E-state index contributed by atoms with van der Waals surface area (Å²) >= 11 is 6.20. The Balaban J connectivity index is 1.46. The molecule has 0 aliphatic carbocycles. The third kappa shape index (κ3) is 4.96. The van der Waals surface area contributed by atoms with Gasteiger partial charge >= 0.3 is 5.97 Å². The van der Waals surface area contributed by atoms with Crippen LogP contribution >= 0.6 is 11.6 Å². The molecular weight excluding hydrogens is 542 g/mol. The number of hydrogen-bond donors (Lipinski definition) is 0. The summed E-state index contributed by atoms with van der Waals surface area (Å²) in [7, 11) is 0. The molecule has 1 amide bonds. The quantitative estimate of drug-likeness (QED) is 0.198. The summed E-state index contributed by atoms with van der Waals surface area (Å²) in [5.41, 5.74) is 2.63. The lowest BCUT2D eigenvalue weighted by atomic mass is 9.98. The third-order valence-corrected chi connectivity index (χ3v) is 7.15. The number of carbonyl (C=O) groups excluding carboxylic acids is 2. The Morgan fingerprint density at radius 2 is 1.71 bits per heavy atom. The minimum atomic E-state index is -0.814. The van der Waals surface area contributed by atoms with Gasteiger partial charge in [-0.25, -0.2) is 4.79 Å². The second-order valence-corrected chi connectivity index (χ2v) is 9.94. The minimum absolute atomic E-state index is 0.0418. The molecule has 0 spiro atoms. The number of amides is 1. The van der Waals surface area contributed by atoms with Crippen molar-refractivity contribution in [2.24, 2.45) is 0 Å². The average molecular weight is 566 g/mol. The highest BCUT2D eigenvalue weighted by atomic mass is 35.5. The molecule has 1 unspecified atom stereocenters. The van der Waals surface area contributed by atoms with Crippen molar-refractivity contribution in [3.63, 3.8) is 0 Å². The maximum absolute atomic E-state index is 13.9. The van der Waals surface area contributed by atoms with E-state index in [9.17, 15) is 14.4 Å². The Morgan fingerprint density at radius 3 is 2.46 bits per heavy atom. The van der Waals surface area contributed by atoms with Gasteiger partial charge in [0.15, 0.2) is 5.43 Å². The van der Waals surface area contributed by atoms with Crippen molar-refractivity contribution in [1.82, 2.24) is 0 Å². The van der Waals surface area contributed by atoms with Crippen LogP contribution in [0.5, 0.6) is 5.75 Å². The number of carbonyl (C=O) groups is 2. The van der Waals surface area contributed by atoms with Gasteiger partial charge in [0.1, 0.15) is 17.9 Å². The predicted molar refractivity (Wildman–Crippen MR) is 156 cm³/mol. The van der Waals surface area contributed by atoms with Crippen LogP contribution in [0.1, 0.15) is 50.6 Å². The number of rotatable bonds is 7. The summed E-state index contributed by atoms with van der Waals surface area (Å²) < 4.78 is 17.2. The average Bonchev–Trinajstić information content (AvgIpc) is 3.29. The first-order chi connectivity index (χ1) is 19.9. The molecule has 0 radical (unpaired) electrons. The van der Waals surface area contributed by atoms with Crippen LogP contribution in [0, 0.1) is 0 Å². The van der Waals surface area contributed by atoms with Gasteiger partial charge in [-0.2, -0.15) is 0 Å². The van der Waals surface area contributed by atoms with E-state index in [1.165, 1.54) is 4.90 Å². The lowest BCUT2D eigenvalue weighted by Crippen LogP contribution is -2.29. The zero-order valence-corrected chi connectivity index (χ0v) is 22.8. The predicted octanol–water partition coefficient (Wildman–Crippen LogP) is 6.95. The fourth-order valence-corrected chi connectivity index (χ4v) is 5.19. The van der Waals surface area contributed by atoms with E-state index < -0.39 is 17.9 Å². The first kappa shape index (κ1) is 26.3. The number of halogens is 1. The number of fused-ring (bicyclic) bond motifs is 2. The second kappa shape index (κ2) is 10.9. The summed E-state index contributed by atoms with van der Waals surface area (Å²) in [4.78, 5) is 41.5. The van der Waals surface area contributed by atoms with Crippen molar-refractivity contribution >= 4 is 40.1 Å². The van der Waals surface area contributed by atoms with Gasteiger partial charge in [-0.05, 0) is 72.6 Å². The van der Waals surface area contributed by atoms with E-state index in [4.69, 9.17) is 25.5 Å². The van der Waals surface area contributed by atoms with E-state index in [-0.39, 0.29) is 34.3 Å². The van der Waals surface area contributed by atoms with Crippen LogP contribution in [-0.2, 0) is 11.3 Å². The summed E-state index contributed by atoms with van der Waals surface area (Å²) in [5.74, 6) is -0.397. The molecule has 4 aromatic carbocycles. The molecule has 2 heterocycles. The first-order valence-corrected chi connectivity index (χ1v) is 13.5. The van der Waals surface area contributed by atoms with Gasteiger partial charge in [0.25, 0.3) is 5.91 Å². The third-order valence-electron chi connectivity index (χ3n) is 6.91. The fourth-order valence-electron chi connectivity index (χ4n) is 5.01. The van der Waals surface area contributed by atoms with Crippen molar-refractivity contribution in [1.29, 1.82) is 0 Å². The van der Waals surface area contributed by atoms with Gasteiger partial charge in [-0.15, -0.1) is 0 Å². The zero-order chi connectivity index (χ0) is 28.5. The molecule has 0 N–H and O–H groups in total. The summed E-state index contributed by atoms with van der Waals surface area (Å²) in [6, 6.07) is 27.5. The molecule has 1 aliphatic heterocycles. The molecule has 1 aromatic heterocycles. The molecule has 1 aliphatic rings. The topological polar surface area (TPSA) is 86.0 Å². The van der Waals surface area contributed by atoms with Crippen molar-refractivity contribution < 1.29 is 23.5 Å². The zero-order valence-electron chi connectivity index (χ0n) is 22.0. The Hall–Kier alpha value is -4.88. The lowest BCUT2D eigenvalue weighted by Gasteiger charge is -2.25. The van der Waals surface area contributed by atoms with Crippen LogP contribution < -0.4 is 15.1 Å².